The molecule has 0 unspecified atom stereocenters. The first-order valence-electron chi connectivity index (χ1n) is 24.2. The van der Waals surface area contributed by atoms with E-state index in [4.69, 9.17) is 4.98 Å². The standard InChI is InChI=1S/C45H35N2S.C18H24NSi.Ir/c1-27(2)36-23-35(29-12-6-5-7-13-29)24-37(28(3)4)44(36)47-41-17-11-10-16-40(41)46-45(47)32-18-19-42-38(22-32)39-25-33-20-30-14-8-9-15-31(30)21-34(33)26-43(39)48-42;1-14(2)11-16-12-17(15-9-7-6-8-10-15)19-13-18(16)20(3,4)5;/h5-17,19-28H,1-4H3;6-9,12-14H,11H2,1-5H3;/q2*-1;. The fraction of sp³-hybridized carbons (Fsp3) is 0.206. The van der Waals surface area contributed by atoms with Crippen LogP contribution in [0.4, 0.5) is 0 Å². The van der Waals surface area contributed by atoms with Crippen LogP contribution in [0.25, 0.3) is 92.2 Å². The molecule has 0 N–H and O–H groups in total. The fourth-order valence-electron chi connectivity index (χ4n) is 9.82. The molecule has 11 rings (SSSR count). The molecule has 0 bridgehead atoms. The Hall–Kier alpha value is -6.01. The van der Waals surface area contributed by atoms with Crippen molar-refractivity contribution in [3.63, 3.8) is 0 Å². The van der Waals surface area contributed by atoms with E-state index in [1.165, 1.54) is 80.4 Å². The Morgan fingerprint density at radius 2 is 1.23 bits per heavy atom. The van der Waals surface area contributed by atoms with Gasteiger partial charge in [-0.1, -0.05) is 145 Å². The van der Waals surface area contributed by atoms with Crippen molar-refractivity contribution in [2.75, 3.05) is 0 Å². The van der Waals surface area contributed by atoms with Crippen LogP contribution in [0.3, 0.4) is 0 Å². The van der Waals surface area contributed by atoms with Gasteiger partial charge in [-0.2, -0.15) is 11.3 Å². The molecule has 3 heterocycles. The van der Waals surface area contributed by atoms with Gasteiger partial charge < -0.3 is 9.55 Å². The van der Waals surface area contributed by atoms with E-state index < -0.39 is 8.07 Å². The third kappa shape index (κ3) is 9.66. The monoisotopic (exact) mass is 1110 g/mol. The van der Waals surface area contributed by atoms with Crippen LogP contribution in [-0.4, -0.2) is 22.6 Å². The second-order valence-corrected chi connectivity index (χ2v) is 26.5. The van der Waals surface area contributed by atoms with E-state index in [9.17, 15) is 0 Å². The van der Waals surface area contributed by atoms with Crippen LogP contribution in [0.15, 0.2) is 164 Å². The van der Waals surface area contributed by atoms with Crippen LogP contribution in [-0.2, 0) is 26.5 Å². The average Bonchev–Trinajstić information content (AvgIpc) is 3.90. The van der Waals surface area contributed by atoms with Gasteiger partial charge in [-0.15, -0.1) is 59.7 Å². The Morgan fingerprint density at radius 3 is 1.88 bits per heavy atom. The quantitative estimate of drug-likeness (QED) is 0.0819. The number of benzene rings is 8. The first-order chi connectivity index (χ1) is 32.8. The molecule has 0 spiro atoms. The summed E-state index contributed by atoms with van der Waals surface area (Å²) >= 11 is 1.85. The third-order valence-electron chi connectivity index (χ3n) is 13.2. The number of fused-ring (bicyclic) bond motifs is 6. The molecule has 0 saturated carbocycles. The molecule has 8 aromatic carbocycles. The third-order valence-corrected chi connectivity index (χ3v) is 16.4. The van der Waals surface area contributed by atoms with Crippen molar-refractivity contribution < 1.29 is 20.1 Å². The summed E-state index contributed by atoms with van der Waals surface area (Å²) in [5.41, 5.74) is 13.1. The van der Waals surface area contributed by atoms with Gasteiger partial charge in [-0.05, 0) is 137 Å². The van der Waals surface area contributed by atoms with Crippen molar-refractivity contribution in [2.24, 2.45) is 5.92 Å². The van der Waals surface area contributed by atoms with E-state index in [0.29, 0.717) is 17.8 Å². The van der Waals surface area contributed by atoms with Crippen molar-refractivity contribution in [1.29, 1.82) is 0 Å². The van der Waals surface area contributed by atoms with Crippen LogP contribution in [0.1, 0.15) is 70.1 Å². The summed E-state index contributed by atoms with van der Waals surface area (Å²) in [6, 6.07) is 63.9. The van der Waals surface area contributed by atoms with Gasteiger partial charge in [0.2, 0.25) is 0 Å². The number of hydrogen-bond donors (Lipinski definition) is 0. The van der Waals surface area contributed by atoms with Gasteiger partial charge in [0.25, 0.3) is 0 Å². The van der Waals surface area contributed by atoms with Gasteiger partial charge in [0.05, 0.1) is 24.9 Å². The molecule has 0 amide bonds. The number of thiophene rings is 1. The number of rotatable bonds is 9. The smallest absolute Gasteiger partial charge is 0.0798 e. The van der Waals surface area contributed by atoms with E-state index in [2.05, 4.69) is 229 Å². The predicted octanol–water partition coefficient (Wildman–Crippen LogP) is 17.4. The maximum Gasteiger partial charge on any atom is 0.0798 e. The summed E-state index contributed by atoms with van der Waals surface area (Å²) in [6.07, 6.45) is 3.24. The van der Waals surface area contributed by atoms with Gasteiger partial charge in [-0.25, -0.2) is 0 Å². The molecule has 347 valence electrons. The van der Waals surface area contributed by atoms with Crippen molar-refractivity contribution in [2.45, 2.75) is 79.4 Å². The summed E-state index contributed by atoms with van der Waals surface area (Å²) in [5, 5.41) is 9.12. The van der Waals surface area contributed by atoms with E-state index in [1.54, 1.807) is 0 Å². The van der Waals surface area contributed by atoms with Crippen LogP contribution < -0.4 is 5.19 Å². The molecule has 1 radical (unpaired) electrons. The van der Waals surface area contributed by atoms with Crippen molar-refractivity contribution in [3.05, 3.63) is 193 Å². The molecule has 3 aromatic heterocycles. The second kappa shape index (κ2) is 19.8. The normalized spacial score (nSPS) is 11.9. The van der Waals surface area contributed by atoms with E-state index in [0.717, 1.165) is 40.1 Å². The molecule has 0 fully saturated rings. The number of aromatic nitrogens is 3. The molecule has 0 atom stereocenters. The summed E-state index contributed by atoms with van der Waals surface area (Å²) in [5.74, 6) is 2.22. The Labute approximate surface area is 426 Å². The first-order valence-corrected chi connectivity index (χ1v) is 28.5. The van der Waals surface area contributed by atoms with Crippen molar-refractivity contribution in [1.82, 2.24) is 14.5 Å². The minimum Gasteiger partial charge on any atom is -0.333 e. The summed E-state index contributed by atoms with van der Waals surface area (Å²) in [4.78, 5) is 10.0. The van der Waals surface area contributed by atoms with E-state index >= 15 is 0 Å². The zero-order valence-corrected chi connectivity index (χ0v) is 45.3. The number of pyridine rings is 1. The number of hydrogen-bond acceptors (Lipinski definition) is 3. The molecular formula is C63H59IrN3SSi-2. The molecule has 3 nitrogen and oxygen atoms in total. The van der Waals surface area contributed by atoms with Crippen molar-refractivity contribution >= 4 is 77.3 Å². The summed E-state index contributed by atoms with van der Waals surface area (Å²) < 4.78 is 4.96. The average molecular weight is 1110 g/mol. The molecule has 0 aliphatic heterocycles. The van der Waals surface area contributed by atoms with Gasteiger partial charge >= 0.3 is 0 Å². The molecule has 0 aliphatic carbocycles. The first kappa shape index (κ1) is 48.0. The molecule has 11 aromatic rings. The zero-order valence-electron chi connectivity index (χ0n) is 41.1. The van der Waals surface area contributed by atoms with Gasteiger partial charge in [0.15, 0.2) is 0 Å². The number of para-hydroxylation sites is 2. The van der Waals surface area contributed by atoms with Crippen molar-refractivity contribution in [3.8, 4) is 39.5 Å². The maximum atomic E-state index is 5.33. The molecule has 0 aliphatic rings. The van der Waals surface area contributed by atoms with Gasteiger partial charge in [0, 0.05) is 36.7 Å². The van der Waals surface area contributed by atoms with Crippen LogP contribution in [0, 0.1) is 18.1 Å². The van der Waals surface area contributed by atoms with E-state index in [1.807, 2.05) is 29.5 Å². The SMILES string of the molecule is CC(C)Cc1cc(-c2[c-]cccc2)ncc1[Si](C)(C)C.CC(C)c1cc(-c2ccccc2)cc(C(C)C)c1-n1c(-c2[c-]cc3sc4cc5cc6ccccc6cc5cc4c3c2)nc2ccccc21.[Ir]. The molecule has 69 heavy (non-hydrogen) atoms. The number of nitrogens with zero attached hydrogens (tertiary/aromatic N) is 3. The topological polar surface area (TPSA) is 30.7 Å². The number of imidazole rings is 1. The second-order valence-electron chi connectivity index (χ2n) is 20.4. The fourth-order valence-corrected chi connectivity index (χ4v) is 12.5. The van der Waals surface area contributed by atoms with E-state index in [-0.39, 0.29) is 20.1 Å². The Bertz CT molecular complexity index is 3590. The molecular weight excluding hydrogens is 1050 g/mol. The Kier molecular flexibility index (Phi) is 13.8. The Balaban J connectivity index is 0.000000238. The van der Waals surface area contributed by atoms with Gasteiger partial charge in [0.1, 0.15) is 0 Å². The maximum absolute atomic E-state index is 5.33. The zero-order chi connectivity index (χ0) is 47.3. The minimum atomic E-state index is -1.34. The molecule has 0 saturated heterocycles. The predicted molar refractivity (Wildman–Crippen MR) is 297 cm³/mol. The molecule has 6 heteroatoms. The van der Waals surface area contributed by atoms with Crippen LogP contribution in [0.5, 0.6) is 0 Å². The van der Waals surface area contributed by atoms with Crippen LogP contribution in [0.2, 0.25) is 19.6 Å². The summed E-state index contributed by atoms with van der Waals surface area (Å²) in [6.45, 7) is 21.0. The largest absolute Gasteiger partial charge is 0.333 e. The van der Waals surface area contributed by atoms with Gasteiger partial charge in [-0.3, -0.25) is 4.98 Å². The minimum absolute atomic E-state index is 0. The van der Waals surface area contributed by atoms with Crippen LogP contribution >= 0.6 is 11.3 Å². The summed E-state index contributed by atoms with van der Waals surface area (Å²) in [7, 11) is -1.34. The Morgan fingerprint density at radius 1 is 0.594 bits per heavy atom.